The van der Waals surface area contributed by atoms with Crippen LogP contribution in [0.1, 0.15) is 37.9 Å². The molecule has 0 aliphatic heterocycles. The topological polar surface area (TPSA) is 30.5 Å². The molecule has 0 radical (unpaired) electrons. The average molecular weight is 327 g/mol. The van der Waals surface area contributed by atoms with Gasteiger partial charge in [0.2, 0.25) is 0 Å². The Hall–Kier alpha value is -1.84. The van der Waals surface area contributed by atoms with Crippen LogP contribution < -0.4 is 10.1 Å². The summed E-state index contributed by atoms with van der Waals surface area (Å²) in [6.07, 6.45) is 0. The molecule has 2 aromatic carbocycles. The summed E-state index contributed by atoms with van der Waals surface area (Å²) in [4.78, 5) is 0. The Kier molecular flexibility index (Phi) is 7.29. The summed E-state index contributed by atoms with van der Waals surface area (Å²) in [5.41, 5.74) is 2.43. The van der Waals surface area contributed by atoms with Crippen molar-refractivity contribution in [3.8, 4) is 5.75 Å². The number of hydrogen-bond acceptors (Lipinski definition) is 3. The van der Waals surface area contributed by atoms with Crippen molar-refractivity contribution in [1.82, 2.24) is 5.32 Å². The van der Waals surface area contributed by atoms with Gasteiger partial charge in [-0.2, -0.15) is 0 Å². The number of hydrogen-bond donors (Lipinski definition) is 1. The van der Waals surface area contributed by atoms with Gasteiger partial charge in [-0.25, -0.2) is 0 Å². The molecule has 24 heavy (non-hydrogen) atoms. The van der Waals surface area contributed by atoms with Crippen LogP contribution in [0.3, 0.4) is 0 Å². The second-order valence-electron chi connectivity index (χ2n) is 6.54. The molecule has 0 aromatic heterocycles. The van der Waals surface area contributed by atoms with E-state index in [1.807, 2.05) is 30.3 Å². The first-order chi connectivity index (χ1) is 11.6. The summed E-state index contributed by atoms with van der Waals surface area (Å²) in [7, 11) is 1.75. The molecule has 3 nitrogen and oxygen atoms in total. The molecule has 0 amide bonds. The summed E-state index contributed by atoms with van der Waals surface area (Å²) in [6.45, 7) is 7.93. The van der Waals surface area contributed by atoms with Crippen molar-refractivity contribution in [2.45, 2.75) is 39.5 Å². The van der Waals surface area contributed by atoms with Gasteiger partial charge in [-0.3, -0.25) is 0 Å². The Morgan fingerprint density at radius 1 is 0.917 bits per heavy atom. The smallest absolute Gasteiger partial charge is 0.119 e. The Bertz CT molecular complexity index is 581. The maximum absolute atomic E-state index is 5.84. The molecule has 0 bridgehead atoms. The molecule has 3 heteroatoms. The molecule has 0 aliphatic rings. The molecule has 0 aliphatic carbocycles. The van der Waals surface area contributed by atoms with E-state index in [2.05, 4.69) is 50.4 Å². The van der Waals surface area contributed by atoms with Gasteiger partial charge >= 0.3 is 0 Å². The lowest BCUT2D eigenvalue weighted by Crippen LogP contribution is -2.39. The second kappa shape index (κ2) is 9.45. The van der Waals surface area contributed by atoms with Crippen molar-refractivity contribution in [3.63, 3.8) is 0 Å². The van der Waals surface area contributed by atoms with E-state index >= 15 is 0 Å². The van der Waals surface area contributed by atoms with E-state index < -0.39 is 0 Å². The molecule has 0 fully saturated rings. The Labute approximate surface area is 146 Å². The Balaban J connectivity index is 1.90. The van der Waals surface area contributed by atoms with Crippen LogP contribution in [0.2, 0.25) is 0 Å². The maximum atomic E-state index is 5.84. The lowest BCUT2D eigenvalue weighted by molar-refractivity contribution is 0.141. The first-order valence-electron chi connectivity index (χ1n) is 8.61. The van der Waals surface area contributed by atoms with Gasteiger partial charge in [-0.05, 0) is 36.1 Å². The third kappa shape index (κ3) is 5.66. The largest absolute Gasteiger partial charge is 0.489 e. The van der Waals surface area contributed by atoms with Crippen LogP contribution >= 0.6 is 0 Å². The fourth-order valence-corrected chi connectivity index (χ4v) is 2.62. The van der Waals surface area contributed by atoms with Crippen molar-refractivity contribution < 1.29 is 9.47 Å². The molecule has 130 valence electrons. The molecule has 0 saturated carbocycles. The van der Waals surface area contributed by atoms with Gasteiger partial charge in [0.1, 0.15) is 12.4 Å². The number of rotatable bonds is 9. The molecule has 0 saturated heterocycles. The highest BCUT2D eigenvalue weighted by molar-refractivity contribution is 5.29. The van der Waals surface area contributed by atoms with Crippen molar-refractivity contribution in [1.29, 1.82) is 0 Å². The summed E-state index contributed by atoms with van der Waals surface area (Å²) >= 11 is 0. The van der Waals surface area contributed by atoms with Gasteiger partial charge < -0.3 is 14.8 Å². The molecule has 2 rings (SSSR count). The highest BCUT2D eigenvalue weighted by atomic mass is 16.5. The van der Waals surface area contributed by atoms with Crippen LogP contribution in [0.15, 0.2) is 54.6 Å². The second-order valence-corrected chi connectivity index (χ2v) is 6.54. The van der Waals surface area contributed by atoms with Crippen molar-refractivity contribution >= 4 is 0 Å². The first kappa shape index (κ1) is 18.5. The fourth-order valence-electron chi connectivity index (χ4n) is 2.62. The molecular formula is C21H29NO2. The van der Waals surface area contributed by atoms with Crippen molar-refractivity contribution in [2.75, 3.05) is 13.7 Å². The number of methoxy groups -OCH3 is 1. The lowest BCUT2D eigenvalue weighted by Gasteiger charge is -2.26. The highest BCUT2D eigenvalue weighted by Crippen LogP contribution is 2.20. The Morgan fingerprint density at radius 2 is 1.58 bits per heavy atom. The molecule has 2 atom stereocenters. The molecule has 2 aromatic rings. The fraction of sp³-hybridized carbons (Fsp3) is 0.429. The SMILES string of the molecule is COCC(NC(C)c1ccc(OCc2ccccc2)cc1)C(C)C. The van der Waals surface area contributed by atoms with Gasteiger partial charge in [0.05, 0.1) is 6.61 Å². The van der Waals surface area contributed by atoms with Crippen molar-refractivity contribution in [3.05, 3.63) is 65.7 Å². The predicted octanol–water partition coefficient (Wildman–Crippen LogP) is 4.59. The minimum atomic E-state index is 0.274. The van der Waals surface area contributed by atoms with E-state index in [4.69, 9.17) is 9.47 Å². The number of ether oxygens (including phenoxy) is 2. The van der Waals surface area contributed by atoms with Crippen LogP contribution in [0.4, 0.5) is 0 Å². The molecule has 2 unspecified atom stereocenters. The van der Waals surface area contributed by atoms with E-state index in [-0.39, 0.29) is 6.04 Å². The van der Waals surface area contributed by atoms with Gasteiger partial charge in [0.15, 0.2) is 0 Å². The number of benzene rings is 2. The molecule has 0 spiro atoms. The molecular weight excluding hydrogens is 298 g/mol. The van der Waals surface area contributed by atoms with Crippen LogP contribution in [0.5, 0.6) is 5.75 Å². The van der Waals surface area contributed by atoms with E-state index in [0.29, 0.717) is 18.6 Å². The minimum Gasteiger partial charge on any atom is -0.489 e. The van der Waals surface area contributed by atoms with Crippen LogP contribution in [-0.4, -0.2) is 19.8 Å². The van der Waals surface area contributed by atoms with Crippen LogP contribution in [0.25, 0.3) is 0 Å². The standard InChI is InChI=1S/C21H29NO2/c1-16(2)21(15-23-4)22-17(3)19-10-12-20(13-11-19)24-14-18-8-6-5-7-9-18/h5-13,16-17,21-22H,14-15H2,1-4H3. The monoisotopic (exact) mass is 327 g/mol. The maximum Gasteiger partial charge on any atom is 0.119 e. The zero-order valence-electron chi connectivity index (χ0n) is 15.2. The third-order valence-electron chi connectivity index (χ3n) is 4.24. The van der Waals surface area contributed by atoms with E-state index in [1.54, 1.807) is 7.11 Å². The van der Waals surface area contributed by atoms with Gasteiger partial charge in [-0.15, -0.1) is 0 Å². The molecule has 1 N–H and O–H groups in total. The normalized spacial score (nSPS) is 13.7. The van der Waals surface area contributed by atoms with Gasteiger partial charge in [-0.1, -0.05) is 56.3 Å². The average Bonchev–Trinajstić information content (AvgIpc) is 2.60. The Morgan fingerprint density at radius 3 is 2.17 bits per heavy atom. The number of nitrogens with one attached hydrogen (secondary N) is 1. The van der Waals surface area contributed by atoms with Crippen LogP contribution in [-0.2, 0) is 11.3 Å². The summed E-state index contributed by atoms with van der Waals surface area (Å²) in [5.74, 6) is 1.42. The minimum absolute atomic E-state index is 0.274. The first-order valence-corrected chi connectivity index (χ1v) is 8.61. The van der Waals surface area contributed by atoms with Gasteiger partial charge in [0.25, 0.3) is 0 Å². The zero-order valence-corrected chi connectivity index (χ0v) is 15.2. The summed E-state index contributed by atoms with van der Waals surface area (Å²) < 4.78 is 11.2. The summed E-state index contributed by atoms with van der Waals surface area (Å²) in [5, 5.41) is 3.65. The highest BCUT2D eigenvalue weighted by Gasteiger charge is 2.16. The van der Waals surface area contributed by atoms with E-state index in [9.17, 15) is 0 Å². The summed E-state index contributed by atoms with van der Waals surface area (Å²) in [6, 6.07) is 19.2. The molecule has 0 heterocycles. The van der Waals surface area contributed by atoms with E-state index in [0.717, 1.165) is 12.4 Å². The zero-order chi connectivity index (χ0) is 17.4. The van der Waals surface area contributed by atoms with Crippen molar-refractivity contribution in [2.24, 2.45) is 5.92 Å². The van der Waals surface area contributed by atoms with Crippen LogP contribution in [0, 0.1) is 5.92 Å². The predicted molar refractivity (Wildman–Crippen MR) is 99.3 cm³/mol. The van der Waals surface area contributed by atoms with E-state index in [1.165, 1.54) is 11.1 Å². The third-order valence-corrected chi connectivity index (χ3v) is 4.24. The lowest BCUT2D eigenvalue weighted by atomic mass is 10.0. The van der Waals surface area contributed by atoms with Gasteiger partial charge in [0, 0.05) is 19.2 Å². The quantitative estimate of drug-likeness (QED) is 0.731.